The number of carbonyl (C=O) groups is 1. The zero-order chi connectivity index (χ0) is 19.4. The van der Waals surface area contributed by atoms with Gasteiger partial charge >= 0.3 is 0 Å². The molecule has 0 unspecified atom stereocenters. The van der Waals surface area contributed by atoms with E-state index in [1.807, 2.05) is 62.4 Å². The van der Waals surface area contributed by atoms with E-state index < -0.39 is 0 Å². The molecule has 0 aliphatic carbocycles. The maximum absolute atomic E-state index is 12.6. The second-order valence-corrected chi connectivity index (χ2v) is 8.02. The summed E-state index contributed by atoms with van der Waals surface area (Å²) < 4.78 is 5.70. The van der Waals surface area contributed by atoms with Gasteiger partial charge in [0.15, 0.2) is 0 Å². The van der Waals surface area contributed by atoms with Crippen molar-refractivity contribution in [2.45, 2.75) is 44.1 Å². The fourth-order valence-electron chi connectivity index (χ4n) is 2.62. The molecular formula is C21H23N3O2S. The first-order chi connectivity index (χ1) is 12.9. The Morgan fingerprint density at radius 1 is 1.04 bits per heavy atom. The summed E-state index contributed by atoms with van der Waals surface area (Å²) in [4.78, 5) is 12.6. The Morgan fingerprint density at radius 2 is 1.74 bits per heavy atom. The van der Waals surface area contributed by atoms with Crippen molar-refractivity contribution in [2.24, 2.45) is 0 Å². The second kappa shape index (κ2) is 8.39. The molecule has 6 heteroatoms. The Hall–Kier alpha value is -2.60. The first kappa shape index (κ1) is 19.2. The monoisotopic (exact) mass is 381 g/mol. The van der Waals surface area contributed by atoms with Crippen molar-refractivity contribution in [3.63, 3.8) is 0 Å². The molecule has 3 rings (SSSR count). The standard InChI is InChI=1S/C21H23N3O2S/c1-13(2)17-7-5-6-8-18(17)22-19(25)15(4)27-21-24-23-20(26-21)16-11-9-14(3)10-12-16/h5-13,15H,1-4H3,(H,22,25)/t15-/m1/s1. The van der Waals surface area contributed by atoms with Gasteiger partial charge in [-0.05, 0) is 43.5 Å². The number of aromatic nitrogens is 2. The Bertz CT molecular complexity index is 919. The van der Waals surface area contributed by atoms with Crippen molar-refractivity contribution in [2.75, 3.05) is 5.32 Å². The molecule has 0 saturated heterocycles. The van der Waals surface area contributed by atoms with E-state index in [1.54, 1.807) is 0 Å². The number of benzene rings is 2. The predicted octanol–water partition coefficient (Wildman–Crippen LogP) is 5.29. The Kier molecular flexibility index (Phi) is 5.96. The molecule has 3 aromatic rings. The van der Waals surface area contributed by atoms with Gasteiger partial charge in [-0.3, -0.25) is 4.79 Å². The van der Waals surface area contributed by atoms with Crippen LogP contribution in [0.4, 0.5) is 5.69 Å². The highest BCUT2D eigenvalue weighted by atomic mass is 32.2. The highest BCUT2D eigenvalue weighted by Gasteiger charge is 2.20. The van der Waals surface area contributed by atoms with Crippen molar-refractivity contribution in [3.8, 4) is 11.5 Å². The van der Waals surface area contributed by atoms with Gasteiger partial charge in [0.2, 0.25) is 11.8 Å². The van der Waals surface area contributed by atoms with Crippen molar-refractivity contribution in [1.82, 2.24) is 10.2 Å². The van der Waals surface area contributed by atoms with E-state index in [1.165, 1.54) is 17.3 Å². The van der Waals surface area contributed by atoms with Crippen LogP contribution in [0.2, 0.25) is 0 Å². The van der Waals surface area contributed by atoms with Crippen LogP contribution in [0, 0.1) is 6.92 Å². The zero-order valence-corrected chi connectivity index (χ0v) is 16.7. The molecule has 0 spiro atoms. The Labute approximate surface area is 163 Å². The van der Waals surface area contributed by atoms with Gasteiger partial charge in [-0.2, -0.15) is 0 Å². The maximum Gasteiger partial charge on any atom is 0.277 e. The van der Waals surface area contributed by atoms with Gasteiger partial charge < -0.3 is 9.73 Å². The Balaban J connectivity index is 1.66. The number of hydrogen-bond donors (Lipinski definition) is 1. The fourth-order valence-corrected chi connectivity index (χ4v) is 3.31. The summed E-state index contributed by atoms with van der Waals surface area (Å²) in [6, 6.07) is 15.7. The summed E-state index contributed by atoms with van der Waals surface area (Å²) in [5.74, 6) is 0.691. The third-order valence-corrected chi connectivity index (χ3v) is 5.13. The number of amides is 1. The van der Waals surface area contributed by atoms with Crippen molar-refractivity contribution in [1.29, 1.82) is 0 Å². The number of para-hydroxylation sites is 1. The SMILES string of the molecule is Cc1ccc(-c2nnc(S[C@H](C)C(=O)Nc3ccccc3C(C)C)o2)cc1. The van der Waals surface area contributed by atoms with Gasteiger partial charge in [-0.25, -0.2) is 0 Å². The molecular weight excluding hydrogens is 358 g/mol. The lowest BCUT2D eigenvalue weighted by molar-refractivity contribution is -0.115. The second-order valence-electron chi connectivity index (χ2n) is 6.73. The van der Waals surface area contributed by atoms with Gasteiger partial charge in [0.1, 0.15) is 0 Å². The van der Waals surface area contributed by atoms with E-state index in [0.29, 0.717) is 17.0 Å². The summed E-state index contributed by atoms with van der Waals surface area (Å²) in [5, 5.41) is 11.2. The van der Waals surface area contributed by atoms with Crippen LogP contribution in [0.5, 0.6) is 0 Å². The molecule has 0 aliphatic heterocycles. The smallest absolute Gasteiger partial charge is 0.277 e. The van der Waals surface area contributed by atoms with Crippen LogP contribution >= 0.6 is 11.8 Å². The lowest BCUT2D eigenvalue weighted by Gasteiger charge is -2.15. The van der Waals surface area contributed by atoms with E-state index in [0.717, 1.165) is 16.8 Å². The third-order valence-electron chi connectivity index (χ3n) is 4.19. The van der Waals surface area contributed by atoms with Crippen LogP contribution in [-0.2, 0) is 4.79 Å². The molecule has 0 aliphatic rings. The maximum atomic E-state index is 12.6. The molecule has 0 bridgehead atoms. The number of aryl methyl sites for hydroxylation is 1. The number of hydrogen-bond acceptors (Lipinski definition) is 5. The van der Waals surface area contributed by atoms with Crippen LogP contribution in [-0.4, -0.2) is 21.4 Å². The van der Waals surface area contributed by atoms with Crippen LogP contribution in [0.25, 0.3) is 11.5 Å². The van der Waals surface area contributed by atoms with E-state index in [4.69, 9.17) is 4.42 Å². The van der Waals surface area contributed by atoms with Crippen LogP contribution < -0.4 is 5.32 Å². The minimum Gasteiger partial charge on any atom is -0.411 e. The molecule has 0 radical (unpaired) electrons. The number of rotatable bonds is 6. The summed E-state index contributed by atoms with van der Waals surface area (Å²) in [7, 11) is 0. The lowest BCUT2D eigenvalue weighted by atomic mass is 10.0. The fraction of sp³-hybridized carbons (Fsp3) is 0.286. The first-order valence-corrected chi connectivity index (χ1v) is 9.79. The normalized spacial score (nSPS) is 12.2. The van der Waals surface area contributed by atoms with Gasteiger partial charge in [0, 0.05) is 11.3 Å². The highest BCUT2D eigenvalue weighted by molar-refractivity contribution is 8.00. The number of anilines is 1. The van der Waals surface area contributed by atoms with Gasteiger partial charge in [-0.15, -0.1) is 10.2 Å². The summed E-state index contributed by atoms with van der Waals surface area (Å²) in [6.45, 7) is 8.06. The molecule has 1 heterocycles. The number of carbonyl (C=O) groups excluding carboxylic acids is 1. The van der Waals surface area contributed by atoms with Gasteiger partial charge in [0.25, 0.3) is 5.22 Å². The van der Waals surface area contributed by atoms with E-state index in [-0.39, 0.29) is 11.2 Å². The number of nitrogens with one attached hydrogen (secondary N) is 1. The Morgan fingerprint density at radius 3 is 2.44 bits per heavy atom. The first-order valence-electron chi connectivity index (χ1n) is 8.91. The summed E-state index contributed by atoms with van der Waals surface area (Å²) >= 11 is 1.25. The van der Waals surface area contributed by atoms with Crippen LogP contribution in [0.15, 0.2) is 58.2 Å². The zero-order valence-electron chi connectivity index (χ0n) is 15.9. The third kappa shape index (κ3) is 4.77. The summed E-state index contributed by atoms with van der Waals surface area (Å²) in [5.41, 5.74) is 3.99. The molecule has 2 aromatic carbocycles. The molecule has 1 atom stereocenters. The average molecular weight is 382 g/mol. The largest absolute Gasteiger partial charge is 0.411 e. The topological polar surface area (TPSA) is 68.0 Å². The molecule has 1 amide bonds. The minimum atomic E-state index is -0.364. The molecule has 0 saturated carbocycles. The quantitative estimate of drug-likeness (QED) is 0.588. The van der Waals surface area contributed by atoms with Crippen molar-refractivity contribution < 1.29 is 9.21 Å². The van der Waals surface area contributed by atoms with E-state index in [9.17, 15) is 4.79 Å². The number of nitrogens with zero attached hydrogens (tertiary/aromatic N) is 2. The molecule has 140 valence electrons. The van der Waals surface area contributed by atoms with Gasteiger partial charge in [-0.1, -0.05) is 61.5 Å². The predicted molar refractivity (Wildman–Crippen MR) is 109 cm³/mol. The molecule has 5 nitrogen and oxygen atoms in total. The van der Waals surface area contributed by atoms with Crippen molar-refractivity contribution >= 4 is 23.4 Å². The molecule has 27 heavy (non-hydrogen) atoms. The number of thioether (sulfide) groups is 1. The summed E-state index contributed by atoms with van der Waals surface area (Å²) in [6.07, 6.45) is 0. The lowest BCUT2D eigenvalue weighted by Crippen LogP contribution is -2.23. The van der Waals surface area contributed by atoms with Crippen LogP contribution in [0.1, 0.15) is 37.8 Å². The molecule has 0 fully saturated rings. The molecule has 1 aromatic heterocycles. The average Bonchev–Trinajstić information content (AvgIpc) is 3.11. The van der Waals surface area contributed by atoms with E-state index >= 15 is 0 Å². The van der Waals surface area contributed by atoms with Crippen molar-refractivity contribution in [3.05, 3.63) is 59.7 Å². The van der Waals surface area contributed by atoms with E-state index in [2.05, 4.69) is 29.4 Å². The minimum absolute atomic E-state index is 0.0943. The van der Waals surface area contributed by atoms with Crippen LogP contribution in [0.3, 0.4) is 0 Å². The highest BCUT2D eigenvalue weighted by Crippen LogP contribution is 2.28. The van der Waals surface area contributed by atoms with Gasteiger partial charge in [0.05, 0.1) is 5.25 Å². The molecule has 1 N–H and O–H groups in total.